The minimum absolute atomic E-state index is 0.204. The van der Waals surface area contributed by atoms with E-state index in [1.165, 1.54) is 16.8 Å². The molecule has 192 valence electrons. The zero-order valence-electron chi connectivity index (χ0n) is 20.0. The molecule has 1 atom stereocenters. The maximum atomic E-state index is 14.7. The Balaban J connectivity index is 1.14. The Bertz CT molecular complexity index is 1700. The van der Waals surface area contributed by atoms with Crippen molar-refractivity contribution in [2.75, 3.05) is 49.6 Å². The number of nitrogens with zero attached hydrogens (tertiary/aromatic N) is 8. The maximum Gasteiger partial charge on any atom is 0.225 e. The first kappa shape index (κ1) is 23.4. The van der Waals surface area contributed by atoms with Crippen LogP contribution in [0.15, 0.2) is 52.2 Å². The quantitative estimate of drug-likeness (QED) is 0.341. The molecule has 12 nitrogen and oxygen atoms in total. The van der Waals surface area contributed by atoms with E-state index < -0.39 is 15.5 Å². The van der Waals surface area contributed by atoms with Crippen molar-refractivity contribution in [3.63, 3.8) is 0 Å². The number of halogens is 1. The van der Waals surface area contributed by atoms with Crippen LogP contribution in [-0.2, 0) is 16.3 Å². The monoisotopic (exact) mass is 524 g/mol. The smallest absolute Gasteiger partial charge is 0.225 e. The number of nitrogen functional groups attached to an aromatic ring is 1. The summed E-state index contributed by atoms with van der Waals surface area (Å²) in [4.78, 5) is 18.1. The molecule has 5 heterocycles. The number of fused-ring (bicyclic) bond motifs is 3. The average Bonchev–Trinajstić information content (AvgIpc) is 3.62. The van der Waals surface area contributed by atoms with Crippen molar-refractivity contribution in [1.29, 1.82) is 4.78 Å². The zero-order chi connectivity index (χ0) is 25.7. The third-order valence-electron chi connectivity index (χ3n) is 6.55. The van der Waals surface area contributed by atoms with E-state index in [2.05, 4.69) is 25.0 Å². The van der Waals surface area contributed by atoms with E-state index in [9.17, 15) is 8.60 Å². The van der Waals surface area contributed by atoms with E-state index >= 15 is 0 Å². The van der Waals surface area contributed by atoms with Gasteiger partial charge in [0.15, 0.2) is 22.6 Å². The normalized spacial score (nSPS) is 16.5. The second-order valence-electron chi connectivity index (χ2n) is 9.01. The van der Waals surface area contributed by atoms with Gasteiger partial charge >= 0.3 is 0 Å². The van der Waals surface area contributed by atoms with Gasteiger partial charge in [0.1, 0.15) is 5.82 Å². The Hall–Kier alpha value is -4.04. The number of hydrogen-bond donors (Lipinski definition) is 2. The van der Waals surface area contributed by atoms with E-state index in [1.807, 2.05) is 9.47 Å². The number of furan rings is 1. The topological polar surface area (TPSA) is 147 Å². The molecule has 1 aliphatic heterocycles. The molecule has 0 amide bonds. The van der Waals surface area contributed by atoms with Gasteiger partial charge in [0.05, 0.1) is 28.0 Å². The molecule has 0 bridgehead atoms. The van der Waals surface area contributed by atoms with Crippen molar-refractivity contribution in [2.45, 2.75) is 11.4 Å². The molecular formula is C23H25FN10O2S. The largest absolute Gasteiger partial charge is 0.461 e. The number of aromatic nitrogens is 6. The molecule has 14 heteroatoms. The number of hydrogen-bond acceptors (Lipinski definition) is 10. The van der Waals surface area contributed by atoms with Gasteiger partial charge in [0, 0.05) is 50.4 Å². The second kappa shape index (κ2) is 8.81. The second-order valence-corrected chi connectivity index (χ2v) is 11.2. The molecular weight excluding hydrogens is 499 g/mol. The summed E-state index contributed by atoms with van der Waals surface area (Å²) in [6.45, 7) is 4.24. The number of piperazine rings is 1. The summed E-state index contributed by atoms with van der Waals surface area (Å²) < 4.78 is 43.0. The fraction of sp³-hybridized carbons (Fsp3) is 0.304. The van der Waals surface area contributed by atoms with E-state index in [0.29, 0.717) is 53.7 Å². The lowest BCUT2D eigenvalue weighted by molar-refractivity contribution is 0.248. The third kappa shape index (κ3) is 4.27. The third-order valence-corrected chi connectivity index (χ3v) is 7.70. The van der Waals surface area contributed by atoms with Crippen molar-refractivity contribution in [1.82, 2.24) is 34.0 Å². The van der Waals surface area contributed by atoms with Crippen LogP contribution in [0.2, 0.25) is 0 Å². The molecule has 1 aliphatic rings. The number of nitrogens with one attached hydrogen (secondary N) is 1. The lowest BCUT2D eigenvalue weighted by Gasteiger charge is -2.36. The van der Waals surface area contributed by atoms with Crippen LogP contribution in [0.4, 0.5) is 16.0 Å². The summed E-state index contributed by atoms with van der Waals surface area (Å²) in [6.07, 6.45) is 4.58. The standard InChI is InChI=1S/C23H25FN10O2S/c1-37(26,35)15-4-5-17(16(24)13-15)32-9-6-31(7-10-32)8-11-33-14-27-19-21(33)29-23(25)34-22(19)28-20(30-34)18-3-2-12-36-18/h2-5,12-14,26H,6-11H2,1H3,(H2,25,29). The molecule has 4 aromatic heterocycles. The summed E-state index contributed by atoms with van der Waals surface area (Å²) in [7, 11) is -2.95. The van der Waals surface area contributed by atoms with Crippen LogP contribution < -0.4 is 10.6 Å². The van der Waals surface area contributed by atoms with Gasteiger partial charge in [0.25, 0.3) is 0 Å². The van der Waals surface area contributed by atoms with Crippen molar-refractivity contribution >= 4 is 38.2 Å². The van der Waals surface area contributed by atoms with Crippen molar-refractivity contribution in [2.24, 2.45) is 0 Å². The molecule has 1 aromatic carbocycles. The predicted octanol–water partition coefficient (Wildman–Crippen LogP) is 2.31. The van der Waals surface area contributed by atoms with Crippen LogP contribution in [0.25, 0.3) is 28.4 Å². The highest BCUT2D eigenvalue weighted by molar-refractivity contribution is 7.91. The summed E-state index contributed by atoms with van der Waals surface area (Å²) in [5.41, 5.74) is 8.39. The summed E-state index contributed by atoms with van der Waals surface area (Å²) in [5.74, 6) is 0.705. The molecule has 3 N–H and O–H groups in total. The van der Waals surface area contributed by atoms with Crippen LogP contribution in [0, 0.1) is 10.6 Å². The highest BCUT2D eigenvalue weighted by Gasteiger charge is 2.22. The first-order valence-electron chi connectivity index (χ1n) is 11.7. The molecule has 1 unspecified atom stereocenters. The van der Waals surface area contributed by atoms with Crippen LogP contribution >= 0.6 is 0 Å². The molecule has 0 spiro atoms. The fourth-order valence-electron chi connectivity index (χ4n) is 4.55. The predicted molar refractivity (Wildman–Crippen MR) is 136 cm³/mol. The Kier molecular flexibility index (Phi) is 5.56. The van der Waals surface area contributed by atoms with E-state index in [4.69, 9.17) is 14.9 Å². The van der Waals surface area contributed by atoms with Gasteiger partial charge in [-0.2, -0.15) is 9.50 Å². The number of benzene rings is 1. The van der Waals surface area contributed by atoms with E-state index in [1.54, 1.807) is 36.9 Å². The average molecular weight is 525 g/mol. The Morgan fingerprint density at radius 2 is 1.95 bits per heavy atom. The molecule has 0 radical (unpaired) electrons. The highest BCUT2D eigenvalue weighted by atomic mass is 32.2. The molecule has 5 aromatic rings. The zero-order valence-corrected chi connectivity index (χ0v) is 20.9. The van der Waals surface area contributed by atoms with Crippen LogP contribution in [0.3, 0.4) is 0 Å². The molecule has 0 aliphatic carbocycles. The molecule has 1 saturated heterocycles. The van der Waals surface area contributed by atoms with Crippen molar-refractivity contribution in [3.05, 3.63) is 48.7 Å². The minimum Gasteiger partial charge on any atom is -0.461 e. The van der Waals surface area contributed by atoms with Crippen molar-refractivity contribution in [3.8, 4) is 11.6 Å². The summed E-state index contributed by atoms with van der Waals surface area (Å²) in [5, 5.41) is 4.40. The highest BCUT2D eigenvalue weighted by Crippen LogP contribution is 2.25. The Morgan fingerprint density at radius 1 is 1.14 bits per heavy atom. The summed E-state index contributed by atoms with van der Waals surface area (Å²) >= 11 is 0. The molecule has 37 heavy (non-hydrogen) atoms. The lowest BCUT2D eigenvalue weighted by Crippen LogP contribution is -2.47. The van der Waals surface area contributed by atoms with Gasteiger partial charge in [-0.15, -0.1) is 5.10 Å². The number of rotatable bonds is 6. The maximum absolute atomic E-state index is 14.7. The molecule has 0 saturated carbocycles. The van der Waals surface area contributed by atoms with E-state index in [-0.39, 0.29) is 10.8 Å². The number of nitrogens with two attached hydrogens (primary N) is 1. The summed E-state index contributed by atoms with van der Waals surface area (Å²) in [6, 6.07) is 7.95. The van der Waals surface area contributed by atoms with Gasteiger partial charge in [-0.05, 0) is 30.3 Å². The Labute approximate surface area is 211 Å². The van der Waals surface area contributed by atoms with Gasteiger partial charge < -0.3 is 19.6 Å². The van der Waals surface area contributed by atoms with Gasteiger partial charge in [-0.3, -0.25) is 4.90 Å². The number of imidazole rings is 1. The van der Waals surface area contributed by atoms with Crippen LogP contribution in [0.1, 0.15) is 0 Å². The molecule has 1 fully saturated rings. The lowest BCUT2D eigenvalue weighted by atomic mass is 10.2. The van der Waals surface area contributed by atoms with Gasteiger partial charge in [-0.1, -0.05) is 0 Å². The van der Waals surface area contributed by atoms with Crippen LogP contribution in [-0.4, -0.2) is 77.2 Å². The van der Waals surface area contributed by atoms with Crippen molar-refractivity contribution < 1.29 is 13.0 Å². The van der Waals surface area contributed by atoms with Gasteiger partial charge in [0.2, 0.25) is 11.8 Å². The molecule has 6 rings (SSSR count). The van der Waals surface area contributed by atoms with E-state index in [0.717, 1.165) is 19.6 Å². The van der Waals surface area contributed by atoms with Crippen LogP contribution in [0.5, 0.6) is 0 Å². The Morgan fingerprint density at radius 3 is 2.65 bits per heavy atom. The first-order valence-corrected chi connectivity index (χ1v) is 13.7. The van der Waals surface area contributed by atoms with Gasteiger partial charge in [-0.25, -0.2) is 23.3 Å². The number of anilines is 2. The minimum atomic E-state index is -2.95. The fourth-order valence-corrected chi connectivity index (χ4v) is 5.21. The SMILES string of the molecule is CS(=N)(=O)c1ccc(N2CCN(CCn3cnc4c3nc(N)n3nc(-c5ccco5)nc43)CC2)c(F)c1. The first-order chi connectivity index (χ1) is 17.8.